The SMILES string of the molecule is Cc1cnn(Cc2ccc(Cn3cc(OC(=O)NCc4ccc5c(N)nccc5c4)c(-c4ccsc4)n3)cc2)c1. The zero-order chi connectivity index (χ0) is 27.5. The Hall–Kier alpha value is -4.96. The molecule has 0 aliphatic rings. The highest BCUT2D eigenvalue weighted by Gasteiger charge is 2.17. The largest absolute Gasteiger partial charge is 0.413 e. The molecule has 0 spiro atoms. The summed E-state index contributed by atoms with van der Waals surface area (Å²) in [6.45, 7) is 3.60. The molecule has 0 aliphatic carbocycles. The molecule has 4 aromatic heterocycles. The van der Waals surface area contributed by atoms with Crippen molar-refractivity contribution in [3.05, 3.63) is 112 Å². The van der Waals surface area contributed by atoms with Crippen LogP contribution in [0, 0.1) is 6.92 Å². The number of nitrogen functional groups attached to an aromatic ring is 1. The van der Waals surface area contributed by atoms with Crippen LogP contribution >= 0.6 is 11.3 Å². The van der Waals surface area contributed by atoms with Crippen molar-refractivity contribution in [3.63, 3.8) is 0 Å². The lowest BCUT2D eigenvalue weighted by molar-refractivity contribution is 0.200. The number of carbonyl (C=O) groups is 1. The average molecular weight is 550 g/mol. The van der Waals surface area contributed by atoms with Crippen LogP contribution in [0.2, 0.25) is 0 Å². The minimum atomic E-state index is -0.552. The number of fused-ring (bicyclic) bond motifs is 1. The van der Waals surface area contributed by atoms with Gasteiger partial charge >= 0.3 is 6.09 Å². The third-order valence-electron chi connectivity index (χ3n) is 6.50. The maximum atomic E-state index is 12.8. The van der Waals surface area contributed by atoms with Crippen molar-refractivity contribution in [2.24, 2.45) is 0 Å². The number of thiophene rings is 1. The van der Waals surface area contributed by atoms with Crippen LogP contribution in [0.1, 0.15) is 22.3 Å². The van der Waals surface area contributed by atoms with E-state index in [0.29, 0.717) is 30.4 Å². The topological polar surface area (TPSA) is 113 Å². The van der Waals surface area contributed by atoms with Gasteiger partial charge in [-0.25, -0.2) is 9.78 Å². The van der Waals surface area contributed by atoms with Crippen molar-refractivity contribution in [1.29, 1.82) is 0 Å². The predicted molar refractivity (Wildman–Crippen MR) is 156 cm³/mol. The number of nitrogens with zero attached hydrogens (tertiary/aromatic N) is 5. The molecule has 0 saturated heterocycles. The molecule has 200 valence electrons. The first-order chi connectivity index (χ1) is 19.5. The van der Waals surface area contributed by atoms with Crippen molar-refractivity contribution in [2.75, 3.05) is 5.73 Å². The number of carbonyl (C=O) groups excluding carboxylic acids is 1. The number of hydrogen-bond acceptors (Lipinski definition) is 7. The number of aromatic nitrogens is 5. The number of rotatable bonds is 8. The third kappa shape index (κ3) is 5.71. The molecule has 1 amide bonds. The molecule has 6 aromatic rings. The second-order valence-electron chi connectivity index (χ2n) is 9.58. The van der Waals surface area contributed by atoms with Crippen molar-refractivity contribution in [3.8, 4) is 17.0 Å². The molecule has 0 radical (unpaired) electrons. The standard InChI is InChI=1S/C30H27N7O2S/c1-20-13-34-36(15-20)16-21-2-4-22(5-3-21)17-37-18-27(28(35-37)25-9-11-40-19-25)39-30(38)33-14-23-6-7-26-24(12-23)8-10-32-29(26)31/h2-13,15,18-19H,14,16-17H2,1H3,(H2,31,32)(H,33,38). The van der Waals surface area contributed by atoms with E-state index in [9.17, 15) is 4.79 Å². The number of ether oxygens (including phenoxy) is 1. The fourth-order valence-corrected chi connectivity index (χ4v) is 5.15. The summed E-state index contributed by atoms with van der Waals surface area (Å²) in [5, 5.41) is 17.7. The number of amides is 1. The highest BCUT2D eigenvalue weighted by atomic mass is 32.1. The Morgan fingerprint density at radius 2 is 1.77 bits per heavy atom. The number of nitrogens with one attached hydrogen (secondary N) is 1. The molecule has 0 aliphatic heterocycles. The molecular formula is C30H27N7O2S. The lowest BCUT2D eigenvalue weighted by Gasteiger charge is -2.08. The summed E-state index contributed by atoms with van der Waals surface area (Å²) in [5.74, 6) is 0.883. The molecule has 0 bridgehead atoms. The third-order valence-corrected chi connectivity index (χ3v) is 7.18. The van der Waals surface area contributed by atoms with Gasteiger partial charge in [-0.2, -0.15) is 21.5 Å². The van der Waals surface area contributed by atoms with Gasteiger partial charge in [-0.3, -0.25) is 9.36 Å². The Morgan fingerprint density at radius 1 is 1.00 bits per heavy atom. The monoisotopic (exact) mass is 549 g/mol. The zero-order valence-electron chi connectivity index (χ0n) is 21.8. The molecule has 0 fully saturated rings. The summed E-state index contributed by atoms with van der Waals surface area (Å²) in [4.78, 5) is 16.9. The van der Waals surface area contributed by atoms with E-state index in [1.807, 2.05) is 65.1 Å². The normalized spacial score (nSPS) is 11.1. The van der Waals surface area contributed by atoms with Gasteiger partial charge < -0.3 is 15.8 Å². The van der Waals surface area contributed by atoms with Crippen molar-refractivity contribution in [1.82, 2.24) is 29.9 Å². The number of pyridine rings is 1. The van der Waals surface area contributed by atoms with Gasteiger partial charge in [-0.15, -0.1) is 0 Å². The molecule has 40 heavy (non-hydrogen) atoms. The first-order valence-electron chi connectivity index (χ1n) is 12.8. The van der Waals surface area contributed by atoms with E-state index in [-0.39, 0.29) is 0 Å². The highest BCUT2D eigenvalue weighted by molar-refractivity contribution is 7.08. The van der Waals surface area contributed by atoms with Gasteiger partial charge in [0.25, 0.3) is 0 Å². The lowest BCUT2D eigenvalue weighted by atomic mass is 10.1. The molecule has 9 nitrogen and oxygen atoms in total. The Labute approximate surface area is 234 Å². The fourth-order valence-electron chi connectivity index (χ4n) is 4.51. The number of anilines is 1. The quantitative estimate of drug-likeness (QED) is 0.254. The Kier molecular flexibility index (Phi) is 6.98. The molecule has 6 rings (SSSR count). The van der Waals surface area contributed by atoms with E-state index in [1.165, 1.54) is 5.56 Å². The molecule has 3 N–H and O–H groups in total. The lowest BCUT2D eigenvalue weighted by Crippen LogP contribution is -2.26. The number of benzene rings is 2. The van der Waals surface area contributed by atoms with Gasteiger partial charge in [0, 0.05) is 35.3 Å². The second-order valence-corrected chi connectivity index (χ2v) is 10.4. The van der Waals surface area contributed by atoms with Crippen LogP contribution in [0.3, 0.4) is 0 Å². The summed E-state index contributed by atoms with van der Waals surface area (Å²) in [6, 6.07) is 18.0. The van der Waals surface area contributed by atoms with E-state index in [1.54, 1.807) is 28.4 Å². The summed E-state index contributed by atoms with van der Waals surface area (Å²) >= 11 is 1.56. The minimum absolute atomic E-state index is 0.309. The van der Waals surface area contributed by atoms with E-state index in [0.717, 1.165) is 39.6 Å². The van der Waals surface area contributed by atoms with Crippen LogP contribution in [0.5, 0.6) is 5.75 Å². The molecule has 10 heteroatoms. The first kappa shape index (κ1) is 25.3. The minimum Gasteiger partial charge on any atom is -0.406 e. The van der Waals surface area contributed by atoms with Crippen molar-refractivity contribution < 1.29 is 9.53 Å². The van der Waals surface area contributed by atoms with Crippen molar-refractivity contribution in [2.45, 2.75) is 26.6 Å². The van der Waals surface area contributed by atoms with Crippen molar-refractivity contribution >= 4 is 34.0 Å². The predicted octanol–water partition coefficient (Wildman–Crippen LogP) is 5.63. The van der Waals surface area contributed by atoms with Gasteiger partial charge in [0.05, 0.1) is 25.5 Å². The number of aryl methyl sites for hydroxylation is 1. The van der Waals surface area contributed by atoms with Crippen LogP contribution in [-0.2, 0) is 19.6 Å². The highest BCUT2D eigenvalue weighted by Crippen LogP contribution is 2.30. The number of nitrogens with two attached hydrogens (primary N) is 1. The molecular weight excluding hydrogens is 522 g/mol. The molecule has 0 unspecified atom stereocenters. The first-order valence-corrected chi connectivity index (χ1v) is 13.7. The maximum absolute atomic E-state index is 12.8. The van der Waals surface area contributed by atoms with E-state index in [2.05, 4.69) is 39.7 Å². The zero-order valence-corrected chi connectivity index (χ0v) is 22.6. The second kappa shape index (κ2) is 11.0. The van der Waals surface area contributed by atoms with E-state index in [4.69, 9.17) is 15.6 Å². The van der Waals surface area contributed by atoms with Crippen LogP contribution in [0.4, 0.5) is 10.6 Å². The van der Waals surface area contributed by atoms with E-state index >= 15 is 0 Å². The summed E-state index contributed by atoms with van der Waals surface area (Å²) in [6.07, 6.45) is 6.76. The number of hydrogen-bond donors (Lipinski definition) is 2. The summed E-state index contributed by atoms with van der Waals surface area (Å²) in [7, 11) is 0. The van der Waals surface area contributed by atoms with Gasteiger partial charge in [0.2, 0.25) is 0 Å². The van der Waals surface area contributed by atoms with Gasteiger partial charge in [-0.05, 0) is 58.1 Å². The summed E-state index contributed by atoms with van der Waals surface area (Å²) in [5.41, 5.74) is 11.8. The smallest absolute Gasteiger partial charge is 0.406 e. The Morgan fingerprint density at radius 3 is 2.50 bits per heavy atom. The Bertz CT molecular complexity index is 1770. The van der Waals surface area contributed by atoms with Crippen LogP contribution in [0.25, 0.3) is 22.0 Å². The summed E-state index contributed by atoms with van der Waals surface area (Å²) < 4.78 is 9.45. The van der Waals surface area contributed by atoms with Gasteiger partial charge in [0.1, 0.15) is 11.5 Å². The molecule has 2 aromatic carbocycles. The van der Waals surface area contributed by atoms with Crippen LogP contribution in [0.15, 0.2) is 90.1 Å². The average Bonchev–Trinajstić information content (AvgIpc) is 3.71. The Balaban J connectivity index is 1.14. The van der Waals surface area contributed by atoms with E-state index < -0.39 is 6.09 Å². The fraction of sp³-hybridized carbons (Fsp3) is 0.133. The van der Waals surface area contributed by atoms with Gasteiger partial charge in [0.15, 0.2) is 5.75 Å². The molecule has 0 atom stereocenters. The maximum Gasteiger partial charge on any atom is 0.413 e. The van der Waals surface area contributed by atoms with Crippen LogP contribution in [-0.4, -0.2) is 30.6 Å². The van der Waals surface area contributed by atoms with Gasteiger partial charge in [-0.1, -0.05) is 36.4 Å². The molecule has 4 heterocycles. The van der Waals surface area contributed by atoms with Crippen LogP contribution < -0.4 is 15.8 Å². The molecule has 0 saturated carbocycles.